The molecule has 0 heterocycles. The third-order valence-electron chi connectivity index (χ3n) is 2.83. The van der Waals surface area contributed by atoms with Crippen molar-refractivity contribution in [2.24, 2.45) is 5.92 Å². The fourth-order valence-electron chi connectivity index (χ4n) is 1.64. The number of methoxy groups -OCH3 is 1. The normalized spacial score (nSPS) is 12.1. The smallest absolute Gasteiger partial charge is 0.328 e. The molecule has 5 heteroatoms. The summed E-state index contributed by atoms with van der Waals surface area (Å²) >= 11 is 3.38. The standard InChI is InChI=1S/C14H18BrNO3/c1-8(2)12(14(18)19-4)16-13(17)10-5-6-11(15)9(3)7-10/h5-8,12H,1-4H3,(H,16,17)/t12-/m0/s1. The molecule has 0 spiro atoms. The van der Waals surface area contributed by atoms with Gasteiger partial charge < -0.3 is 10.1 Å². The maximum atomic E-state index is 12.1. The van der Waals surface area contributed by atoms with Gasteiger partial charge in [-0.3, -0.25) is 4.79 Å². The van der Waals surface area contributed by atoms with Crippen LogP contribution in [0.2, 0.25) is 0 Å². The van der Waals surface area contributed by atoms with E-state index in [1.54, 1.807) is 12.1 Å². The van der Waals surface area contributed by atoms with Crippen LogP contribution < -0.4 is 5.32 Å². The van der Waals surface area contributed by atoms with Crippen molar-refractivity contribution in [3.05, 3.63) is 33.8 Å². The van der Waals surface area contributed by atoms with Crippen molar-refractivity contribution in [2.75, 3.05) is 7.11 Å². The van der Waals surface area contributed by atoms with Gasteiger partial charge in [0.15, 0.2) is 0 Å². The van der Waals surface area contributed by atoms with Crippen LogP contribution >= 0.6 is 15.9 Å². The van der Waals surface area contributed by atoms with Crippen molar-refractivity contribution in [3.8, 4) is 0 Å². The van der Waals surface area contributed by atoms with Crippen molar-refractivity contribution in [1.82, 2.24) is 5.32 Å². The fourth-order valence-corrected chi connectivity index (χ4v) is 1.88. The second-order valence-corrected chi connectivity index (χ2v) is 5.54. The Hall–Kier alpha value is -1.36. The third kappa shape index (κ3) is 4.06. The lowest BCUT2D eigenvalue weighted by Gasteiger charge is -2.19. The number of nitrogens with one attached hydrogen (secondary N) is 1. The van der Waals surface area contributed by atoms with Crippen LogP contribution in [0, 0.1) is 12.8 Å². The van der Waals surface area contributed by atoms with Gasteiger partial charge >= 0.3 is 5.97 Å². The molecule has 0 saturated carbocycles. The van der Waals surface area contributed by atoms with Crippen molar-refractivity contribution in [3.63, 3.8) is 0 Å². The van der Waals surface area contributed by atoms with Crippen LogP contribution in [0.4, 0.5) is 0 Å². The van der Waals surface area contributed by atoms with E-state index in [2.05, 4.69) is 21.2 Å². The lowest BCUT2D eigenvalue weighted by atomic mass is 10.0. The summed E-state index contributed by atoms with van der Waals surface area (Å²) in [5.74, 6) is -0.746. The number of rotatable bonds is 4. The molecule has 1 atom stereocenters. The average molecular weight is 328 g/mol. The molecule has 0 saturated heterocycles. The number of esters is 1. The van der Waals surface area contributed by atoms with Crippen LogP contribution in [-0.4, -0.2) is 25.0 Å². The third-order valence-corrected chi connectivity index (χ3v) is 3.72. The summed E-state index contributed by atoms with van der Waals surface area (Å²) in [5.41, 5.74) is 1.49. The van der Waals surface area contributed by atoms with Gasteiger partial charge in [-0.15, -0.1) is 0 Å². The highest BCUT2D eigenvalue weighted by molar-refractivity contribution is 9.10. The highest BCUT2D eigenvalue weighted by Crippen LogP contribution is 2.17. The number of hydrogen-bond donors (Lipinski definition) is 1. The Morgan fingerprint density at radius 2 is 1.95 bits per heavy atom. The Balaban J connectivity index is 2.87. The number of ether oxygens (including phenoxy) is 1. The first-order valence-electron chi connectivity index (χ1n) is 6.01. The first-order valence-corrected chi connectivity index (χ1v) is 6.81. The Labute approximate surface area is 121 Å². The number of hydrogen-bond acceptors (Lipinski definition) is 3. The molecule has 0 fully saturated rings. The summed E-state index contributed by atoms with van der Waals surface area (Å²) in [6.07, 6.45) is 0. The van der Waals surface area contributed by atoms with Crippen molar-refractivity contribution in [2.45, 2.75) is 26.8 Å². The van der Waals surface area contributed by atoms with Gasteiger partial charge in [-0.25, -0.2) is 4.79 Å². The number of carbonyl (C=O) groups is 2. The molecule has 1 aromatic rings. The van der Waals surface area contributed by atoms with Gasteiger partial charge in [0.05, 0.1) is 7.11 Å². The first kappa shape index (κ1) is 15.7. The summed E-state index contributed by atoms with van der Waals surface area (Å²) in [5, 5.41) is 2.70. The molecule has 0 aliphatic rings. The molecule has 0 aromatic heterocycles. The quantitative estimate of drug-likeness (QED) is 0.865. The molecule has 0 aliphatic carbocycles. The minimum Gasteiger partial charge on any atom is -0.467 e. The molecule has 1 N–H and O–H groups in total. The minimum absolute atomic E-state index is 0.0343. The molecule has 0 aliphatic heterocycles. The average Bonchev–Trinajstić information content (AvgIpc) is 2.37. The lowest BCUT2D eigenvalue weighted by Crippen LogP contribution is -2.45. The minimum atomic E-state index is -0.638. The zero-order valence-electron chi connectivity index (χ0n) is 11.5. The maximum absolute atomic E-state index is 12.1. The topological polar surface area (TPSA) is 55.4 Å². The van der Waals surface area contributed by atoms with Crippen LogP contribution in [0.25, 0.3) is 0 Å². The van der Waals surface area contributed by atoms with E-state index < -0.39 is 12.0 Å². The number of carbonyl (C=O) groups excluding carboxylic acids is 2. The second-order valence-electron chi connectivity index (χ2n) is 4.68. The summed E-state index contributed by atoms with van der Waals surface area (Å²) in [6.45, 7) is 5.62. The van der Waals surface area contributed by atoms with E-state index in [0.717, 1.165) is 10.0 Å². The Kier molecular flexibility index (Phi) is 5.54. The molecule has 4 nitrogen and oxygen atoms in total. The zero-order chi connectivity index (χ0) is 14.6. The maximum Gasteiger partial charge on any atom is 0.328 e. The van der Waals surface area contributed by atoms with Gasteiger partial charge in [-0.1, -0.05) is 29.8 Å². The van der Waals surface area contributed by atoms with E-state index in [1.807, 2.05) is 26.8 Å². The van der Waals surface area contributed by atoms with E-state index in [1.165, 1.54) is 7.11 Å². The number of halogens is 1. The van der Waals surface area contributed by atoms with Gasteiger partial charge in [0, 0.05) is 10.0 Å². The summed E-state index contributed by atoms with van der Waals surface area (Å²) in [7, 11) is 1.31. The molecular formula is C14H18BrNO3. The predicted molar refractivity (Wildman–Crippen MR) is 77.0 cm³/mol. The van der Waals surface area contributed by atoms with Crippen LogP contribution in [0.1, 0.15) is 29.8 Å². The summed E-state index contributed by atoms with van der Waals surface area (Å²) < 4.78 is 5.63. The monoisotopic (exact) mass is 327 g/mol. The van der Waals surface area contributed by atoms with Crippen molar-refractivity contribution < 1.29 is 14.3 Å². The SMILES string of the molecule is COC(=O)[C@@H](NC(=O)c1ccc(Br)c(C)c1)C(C)C. The van der Waals surface area contributed by atoms with Crippen LogP contribution in [0.3, 0.4) is 0 Å². The highest BCUT2D eigenvalue weighted by Gasteiger charge is 2.25. The Morgan fingerprint density at radius 3 is 2.42 bits per heavy atom. The van der Waals surface area contributed by atoms with Gasteiger partial charge in [0.1, 0.15) is 6.04 Å². The van der Waals surface area contributed by atoms with E-state index >= 15 is 0 Å². The van der Waals surface area contributed by atoms with Gasteiger partial charge in [-0.05, 0) is 36.6 Å². The van der Waals surface area contributed by atoms with Crippen LogP contribution in [0.15, 0.2) is 22.7 Å². The molecule has 1 rings (SSSR count). The van der Waals surface area contributed by atoms with Gasteiger partial charge in [0.25, 0.3) is 5.91 Å². The van der Waals surface area contributed by atoms with Gasteiger partial charge in [-0.2, -0.15) is 0 Å². The van der Waals surface area contributed by atoms with Crippen molar-refractivity contribution in [1.29, 1.82) is 0 Å². The Bertz CT molecular complexity index is 486. The number of benzene rings is 1. The van der Waals surface area contributed by atoms with Crippen molar-refractivity contribution >= 4 is 27.8 Å². The highest BCUT2D eigenvalue weighted by atomic mass is 79.9. The largest absolute Gasteiger partial charge is 0.467 e. The van der Waals surface area contributed by atoms with Gasteiger partial charge in [0.2, 0.25) is 0 Å². The van der Waals surface area contributed by atoms with E-state index in [0.29, 0.717) is 5.56 Å². The summed E-state index contributed by atoms with van der Waals surface area (Å²) in [6, 6.07) is 4.66. The lowest BCUT2D eigenvalue weighted by molar-refractivity contribution is -0.144. The molecule has 19 heavy (non-hydrogen) atoms. The number of amides is 1. The molecule has 104 valence electrons. The molecular weight excluding hydrogens is 310 g/mol. The molecule has 1 amide bonds. The molecule has 0 bridgehead atoms. The van der Waals surface area contributed by atoms with Crippen LogP contribution in [0.5, 0.6) is 0 Å². The Morgan fingerprint density at radius 1 is 1.32 bits per heavy atom. The molecule has 1 aromatic carbocycles. The zero-order valence-corrected chi connectivity index (χ0v) is 13.1. The molecule has 0 unspecified atom stereocenters. The molecule has 0 radical (unpaired) electrons. The van der Waals surface area contributed by atoms with E-state index in [9.17, 15) is 9.59 Å². The van der Waals surface area contributed by atoms with Crippen LogP contribution in [-0.2, 0) is 9.53 Å². The number of aryl methyl sites for hydroxylation is 1. The second kappa shape index (κ2) is 6.70. The van der Waals surface area contributed by atoms with E-state index in [4.69, 9.17) is 4.74 Å². The first-order chi connectivity index (χ1) is 8.86. The summed E-state index contributed by atoms with van der Waals surface area (Å²) in [4.78, 5) is 23.7. The van der Waals surface area contributed by atoms with E-state index in [-0.39, 0.29) is 11.8 Å². The fraction of sp³-hybridized carbons (Fsp3) is 0.429. The predicted octanol–water partition coefficient (Wildman–Crippen LogP) is 2.68.